The number of carbonyl (C=O) groups is 3. The van der Waals surface area contributed by atoms with E-state index in [1.54, 1.807) is 34.1 Å². The summed E-state index contributed by atoms with van der Waals surface area (Å²) in [5.74, 6) is -2.82. The predicted molar refractivity (Wildman–Crippen MR) is 188 cm³/mol. The van der Waals surface area contributed by atoms with Crippen LogP contribution in [0.4, 0.5) is 24.8 Å². The van der Waals surface area contributed by atoms with E-state index >= 15 is 0 Å². The number of benzene rings is 2. The normalized spacial score (nSPS) is 18.0. The highest BCUT2D eigenvalue weighted by Crippen LogP contribution is 2.34. The van der Waals surface area contributed by atoms with Crippen molar-refractivity contribution in [3.8, 4) is 6.07 Å². The summed E-state index contributed by atoms with van der Waals surface area (Å²) in [5.41, 5.74) is 1.96. The lowest BCUT2D eigenvalue weighted by Gasteiger charge is -2.34. The van der Waals surface area contributed by atoms with Gasteiger partial charge in [-0.25, -0.2) is 23.1 Å². The van der Waals surface area contributed by atoms with Gasteiger partial charge in [0.25, 0.3) is 11.8 Å². The SMILES string of the molecule is N#Cc1ccc(CCNC(=O)C2CCCN2c2cc(N3CCC(CCNS(=O)(=O)CCN4C(=O)c5ccccc5C4=O)CC3)nc(C(F)(F)F)n2)cc1. The Balaban J connectivity index is 1.01. The lowest BCUT2D eigenvalue weighted by molar-refractivity contribution is -0.144. The van der Waals surface area contributed by atoms with E-state index in [1.807, 2.05) is 12.1 Å². The van der Waals surface area contributed by atoms with E-state index in [0.29, 0.717) is 70.3 Å². The van der Waals surface area contributed by atoms with Crippen LogP contribution in [0.15, 0.2) is 54.6 Å². The number of nitriles is 1. The summed E-state index contributed by atoms with van der Waals surface area (Å²) in [6.45, 7) is 1.33. The highest BCUT2D eigenvalue weighted by Gasteiger charge is 2.39. The molecule has 53 heavy (non-hydrogen) atoms. The monoisotopic (exact) mass is 752 g/mol. The Labute approximate surface area is 305 Å². The molecule has 3 amide bonds. The molecule has 1 atom stereocenters. The molecule has 0 aliphatic carbocycles. The molecule has 3 aliphatic heterocycles. The van der Waals surface area contributed by atoms with E-state index < -0.39 is 45.6 Å². The molecule has 2 fully saturated rings. The predicted octanol–water partition coefficient (Wildman–Crippen LogP) is 3.52. The summed E-state index contributed by atoms with van der Waals surface area (Å²) in [5, 5.41) is 11.9. The largest absolute Gasteiger partial charge is 0.451 e. The van der Waals surface area contributed by atoms with Crippen molar-refractivity contribution in [2.45, 2.75) is 50.7 Å². The average molecular weight is 753 g/mol. The minimum atomic E-state index is -4.81. The van der Waals surface area contributed by atoms with Crippen LogP contribution >= 0.6 is 0 Å². The third-order valence-electron chi connectivity index (χ3n) is 9.87. The summed E-state index contributed by atoms with van der Waals surface area (Å²) in [4.78, 5) is 50.3. The van der Waals surface area contributed by atoms with Crippen LogP contribution < -0.4 is 19.8 Å². The quantitative estimate of drug-likeness (QED) is 0.247. The molecular weight excluding hydrogens is 714 g/mol. The first-order valence-corrected chi connectivity index (χ1v) is 19.2. The fourth-order valence-corrected chi connectivity index (χ4v) is 7.96. The van der Waals surface area contributed by atoms with Crippen molar-refractivity contribution >= 4 is 39.4 Å². The van der Waals surface area contributed by atoms with Crippen molar-refractivity contribution in [1.29, 1.82) is 5.26 Å². The van der Waals surface area contributed by atoms with Crippen LogP contribution in [-0.4, -0.2) is 92.1 Å². The summed E-state index contributed by atoms with van der Waals surface area (Å²) in [6.07, 6.45) is -1.54. The molecule has 13 nitrogen and oxygen atoms in total. The van der Waals surface area contributed by atoms with Crippen molar-refractivity contribution in [1.82, 2.24) is 24.9 Å². The molecule has 0 spiro atoms. The number of carbonyl (C=O) groups excluding carboxylic acids is 3. The molecule has 2 saturated heterocycles. The van der Waals surface area contributed by atoms with E-state index in [4.69, 9.17) is 5.26 Å². The molecule has 2 aromatic carbocycles. The third-order valence-corrected chi connectivity index (χ3v) is 11.2. The molecular formula is C36H39F3N8O5S. The summed E-state index contributed by atoms with van der Waals surface area (Å²) >= 11 is 0. The van der Waals surface area contributed by atoms with Crippen LogP contribution in [0.3, 0.4) is 0 Å². The topological polar surface area (TPSA) is 169 Å². The number of hydrogen-bond donors (Lipinski definition) is 2. The van der Waals surface area contributed by atoms with Crippen molar-refractivity contribution in [2.24, 2.45) is 5.92 Å². The highest BCUT2D eigenvalue weighted by atomic mass is 32.2. The number of imide groups is 1. The lowest BCUT2D eigenvalue weighted by Crippen LogP contribution is -2.44. The fourth-order valence-electron chi connectivity index (χ4n) is 6.96. The number of aromatic nitrogens is 2. The van der Waals surface area contributed by atoms with Gasteiger partial charge in [-0.3, -0.25) is 19.3 Å². The second-order valence-electron chi connectivity index (χ2n) is 13.3. The number of halogens is 3. The molecule has 0 bridgehead atoms. The number of amides is 3. The van der Waals surface area contributed by atoms with Crippen molar-refractivity contribution in [3.63, 3.8) is 0 Å². The maximum Gasteiger partial charge on any atom is 0.451 e. The number of anilines is 2. The van der Waals surface area contributed by atoms with Gasteiger partial charge in [-0.05, 0) is 74.3 Å². The molecule has 6 rings (SSSR count). The first-order valence-electron chi connectivity index (χ1n) is 17.5. The van der Waals surface area contributed by atoms with Gasteiger partial charge >= 0.3 is 6.18 Å². The van der Waals surface area contributed by atoms with Gasteiger partial charge in [0.05, 0.1) is 28.5 Å². The Kier molecular flexibility index (Phi) is 11.3. The summed E-state index contributed by atoms with van der Waals surface area (Å²) < 4.78 is 70.0. The summed E-state index contributed by atoms with van der Waals surface area (Å²) in [7, 11) is -3.79. The zero-order valence-electron chi connectivity index (χ0n) is 28.8. The first-order chi connectivity index (χ1) is 25.3. The smallest absolute Gasteiger partial charge is 0.356 e. The maximum atomic E-state index is 14.0. The van der Waals surface area contributed by atoms with Crippen LogP contribution in [-0.2, 0) is 27.4 Å². The Morgan fingerprint density at radius 3 is 2.23 bits per heavy atom. The Morgan fingerprint density at radius 1 is 0.925 bits per heavy atom. The zero-order chi connectivity index (χ0) is 37.8. The van der Waals surface area contributed by atoms with E-state index in [9.17, 15) is 36.0 Å². The molecule has 1 aromatic heterocycles. The van der Waals surface area contributed by atoms with Gasteiger partial charge in [-0.1, -0.05) is 24.3 Å². The van der Waals surface area contributed by atoms with Gasteiger partial charge in [-0.15, -0.1) is 0 Å². The van der Waals surface area contributed by atoms with E-state index in [-0.39, 0.29) is 47.7 Å². The summed E-state index contributed by atoms with van der Waals surface area (Å²) in [6, 6.07) is 16.2. The first kappa shape index (κ1) is 37.7. The molecule has 1 unspecified atom stereocenters. The molecule has 2 N–H and O–H groups in total. The highest BCUT2D eigenvalue weighted by molar-refractivity contribution is 7.89. The van der Waals surface area contributed by atoms with Crippen molar-refractivity contribution in [3.05, 3.63) is 82.7 Å². The fraction of sp³-hybridized carbons (Fsp3) is 0.444. The molecule has 0 saturated carbocycles. The number of hydrogen-bond acceptors (Lipinski definition) is 10. The van der Waals surface area contributed by atoms with Gasteiger partial charge in [0, 0.05) is 45.3 Å². The number of sulfonamides is 1. The molecule has 280 valence electrons. The van der Waals surface area contributed by atoms with Crippen molar-refractivity contribution in [2.75, 3.05) is 54.8 Å². The molecule has 4 heterocycles. The maximum absolute atomic E-state index is 14.0. The Morgan fingerprint density at radius 2 is 1.58 bits per heavy atom. The van der Waals surface area contributed by atoms with Crippen LogP contribution in [0.1, 0.15) is 69.8 Å². The lowest BCUT2D eigenvalue weighted by atomic mass is 9.94. The standard InChI is InChI=1S/C36H39F3N8O5S/c37-36(38,39)35-43-30(22-31(44-35)46-17-3-6-29(46)32(48)41-15-11-24-7-9-26(23-40)10-8-24)45-18-13-25(14-19-45)12-16-42-53(51,52)21-20-47-33(49)27-4-1-2-5-28(27)34(47)50/h1-2,4-5,7-10,22,25,29,42H,3,6,11-21H2,(H,41,48). The third kappa shape index (κ3) is 8.94. The van der Waals surface area contributed by atoms with Gasteiger partial charge in [0.1, 0.15) is 17.7 Å². The van der Waals surface area contributed by atoms with E-state index in [2.05, 4.69) is 26.1 Å². The second-order valence-corrected chi connectivity index (χ2v) is 15.3. The van der Waals surface area contributed by atoms with Gasteiger partial charge in [0.15, 0.2) is 0 Å². The van der Waals surface area contributed by atoms with Gasteiger partial charge in [-0.2, -0.15) is 18.4 Å². The van der Waals surface area contributed by atoms with E-state index in [1.165, 1.54) is 18.2 Å². The van der Waals surface area contributed by atoms with Crippen LogP contribution in [0, 0.1) is 17.2 Å². The Hall–Kier alpha value is -5.08. The minimum absolute atomic E-state index is 0.0322. The number of piperidine rings is 1. The van der Waals surface area contributed by atoms with Crippen LogP contribution in [0.25, 0.3) is 0 Å². The van der Waals surface area contributed by atoms with Crippen LogP contribution in [0.5, 0.6) is 0 Å². The van der Waals surface area contributed by atoms with E-state index in [0.717, 1.165) is 10.5 Å². The number of nitrogens with one attached hydrogen (secondary N) is 2. The number of fused-ring (bicyclic) bond motifs is 1. The molecule has 0 radical (unpaired) electrons. The second kappa shape index (κ2) is 15.9. The molecule has 3 aliphatic rings. The number of rotatable bonds is 13. The van der Waals surface area contributed by atoms with Crippen molar-refractivity contribution < 1.29 is 36.0 Å². The van der Waals surface area contributed by atoms with Gasteiger partial charge in [0.2, 0.25) is 21.8 Å². The Bertz CT molecular complexity index is 1960. The average Bonchev–Trinajstić information content (AvgIpc) is 3.74. The van der Waals surface area contributed by atoms with Gasteiger partial charge < -0.3 is 15.1 Å². The minimum Gasteiger partial charge on any atom is -0.356 e. The van der Waals surface area contributed by atoms with Crippen LogP contribution in [0.2, 0.25) is 0 Å². The number of alkyl halides is 3. The molecule has 3 aromatic rings. The molecule has 17 heteroatoms. The zero-order valence-corrected chi connectivity index (χ0v) is 29.6. The number of nitrogens with zero attached hydrogens (tertiary/aromatic N) is 6.